The van der Waals surface area contributed by atoms with Gasteiger partial charge in [-0.05, 0) is 36.3 Å². The smallest absolute Gasteiger partial charge is 0.0897 e. The highest BCUT2D eigenvalue weighted by Gasteiger charge is 2.35. The van der Waals surface area contributed by atoms with E-state index in [1.54, 1.807) is 11.3 Å². The van der Waals surface area contributed by atoms with Crippen LogP contribution in [0.4, 0.5) is 0 Å². The Morgan fingerprint density at radius 3 is 2.90 bits per heavy atom. The zero-order valence-electron chi connectivity index (χ0n) is 12.4. The van der Waals surface area contributed by atoms with Crippen LogP contribution in [0.15, 0.2) is 29.6 Å². The predicted molar refractivity (Wildman–Crippen MR) is 85.0 cm³/mol. The number of nitrogens with zero attached hydrogens (tertiary/aromatic N) is 1. The minimum Gasteiger partial charge on any atom is -0.304 e. The van der Waals surface area contributed by atoms with Gasteiger partial charge < -0.3 is 5.32 Å². The average molecular weight is 286 g/mol. The van der Waals surface area contributed by atoms with Crippen LogP contribution in [0.1, 0.15) is 48.1 Å². The molecule has 0 saturated heterocycles. The number of rotatable bonds is 3. The summed E-state index contributed by atoms with van der Waals surface area (Å²) in [6.45, 7) is 7.65. The third-order valence-corrected chi connectivity index (χ3v) is 5.16. The standard InChI is InChI=1S/C17H22N2S/c1-12-19-14(11-20-12)10-18-16-15-7-5-4-6-13(15)8-9-17(16,2)3/h4-7,11,16,18H,8-10H2,1-3H3. The van der Waals surface area contributed by atoms with Crippen molar-refractivity contribution in [3.8, 4) is 0 Å². The van der Waals surface area contributed by atoms with Crippen LogP contribution < -0.4 is 5.32 Å². The molecule has 1 N–H and O–H groups in total. The largest absolute Gasteiger partial charge is 0.304 e. The highest BCUT2D eigenvalue weighted by molar-refractivity contribution is 7.09. The molecule has 0 amide bonds. The second-order valence-corrected chi connectivity index (χ2v) is 7.42. The molecule has 2 aromatic rings. The molecule has 1 aliphatic rings. The first-order valence-electron chi connectivity index (χ1n) is 7.28. The van der Waals surface area contributed by atoms with E-state index in [-0.39, 0.29) is 0 Å². The fourth-order valence-corrected chi connectivity index (χ4v) is 3.76. The molecule has 0 aliphatic heterocycles. The molecule has 106 valence electrons. The van der Waals surface area contributed by atoms with Gasteiger partial charge in [-0.15, -0.1) is 11.3 Å². The summed E-state index contributed by atoms with van der Waals surface area (Å²) in [5.41, 5.74) is 4.42. The lowest BCUT2D eigenvalue weighted by Gasteiger charge is -2.40. The summed E-state index contributed by atoms with van der Waals surface area (Å²) in [5.74, 6) is 0. The average Bonchev–Trinajstić information content (AvgIpc) is 2.83. The van der Waals surface area contributed by atoms with Crippen molar-refractivity contribution in [2.24, 2.45) is 5.41 Å². The minimum absolute atomic E-state index is 0.291. The van der Waals surface area contributed by atoms with Crippen molar-refractivity contribution in [1.29, 1.82) is 0 Å². The summed E-state index contributed by atoms with van der Waals surface area (Å²) >= 11 is 1.73. The van der Waals surface area contributed by atoms with E-state index in [1.165, 1.54) is 24.0 Å². The van der Waals surface area contributed by atoms with Gasteiger partial charge in [0, 0.05) is 18.0 Å². The summed E-state index contributed by atoms with van der Waals surface area (Å²) in [4.78, 5) is 4.55. The van der Waals surface area contributed by atoms with Gasteiger partial charge in [0.1, 0.15) is 0 Å². The van der Waals surface area contributed by atoms with Gasteiger partial charge in [0.05, 0.1) is 10.7 Å². The molecule has 1 aromatic carbocycles. The Labute approximate surface area is 125 Å². The van der Waals surface area contributed by atoms with Crippen molar-refractivity contribution in [3.63, 3.8) is 0 Å². The van der Waals surface area contributed by atoms with E-state index >= 15 is 0 Å². The van der Waals surface area contributed by atoms with Gasteiger partial charge in [0.15, 0.2) is 0 Å². The number of fused-ring (bicyclic) bond motifs is 1. The molecule has 1 aromatic heterocycles. The molecule has 0 spiro atoms. The van der Waals surface area contributed by atoms with Crippen molar-refractivity contribution in [2.75, 3.05) is 0 Å². The zero-order valence-corrected chi connectivity index (χ0v) is 13.3. The fourth-order valence-electron chi connectivity index (χ4n) is 3.15. The lowest BCUT2D eigenvalue weighted by molar-refractivity contribution is 0.207. The Morgan fingerprint density at radius 1 is 1.35 bits per heavy atom. The summed E-state index contributed by atoms with van der Waals surface area (Å²) in [5, 5.41) is 7.04. The Morgan fingerprint density at radius 2 is 2.15 bits per heavy atom. The number of thiazole rings is 1. The van der Waals surface area contributed by atoms with Crippen molar-refractivity contribution in [3.05, 3.63) is 51.5 Å². The first-order valence-corrected chi connectivity index (χ1v) is 8.16. The Bertz CT molecular complexity index is 601. The molecular formula is C17H22N2S. The Kier molecular flexibility index (Phi) is 3.65. The van der Waals surface area contributed by atoms with Crippen LogP contribution >= 0.6 is 11.3 Å². The third kappa shape index (κ3) is 2.65. The van der Waals surface area contributed by atoms with Crippen molar-refractivity contribution in [1.82, 2.24) is 10.3 Å². The molecule has 0 saturated carbocycles. The molecule has 0 fully saturated rings. The third-order valence-electron chi connectivity index (χ3n) is 4.34. The lowest BCUT2D eigenvalue weighted by Crippen LogP contribution is -2.37. The van der Waals surface area contributed by atoms with Crippen LogP contribution in [0, 0.1) is 12.3 Å². The highest BCUT2D eigenvalue weighted by atomic mass is 32.1. The monoisotopic (exact) mass is 286 g/mol. The lowest BCUT2D eigenvalue weighted by atomic mass is 9.70. The molecule has 20 heavy (non-hydrogen) atoms. The molecule has 1 heterocycles. The molecule has 1 aliphatic carbocycles. The maximum atomic E-state index is 4.55. The van der Waals surface area contributed by atoms with Crippen LogP contribution in [-0.2, 0) is 13.0 Å². The van der Waals surface area contributed by atoms with Crippen LogP contribution in [0.2, 0.25) is 0 Å². The molecule has 0 radical (unpaired) electrons. The van der Waals surface area contributed by atoms with E-state index in [4.69, 9.17) is 0 Å². The van der Waals surface area contributed by atoms with Gasteiger partial charge in [-0.3, -0.25) is 0 Å². The van der Waals surface area contributed by atoms with Crippen molar-refractivity contribution in [2.45, 2.75) is 46.2 Å². The second kappa shape index (κ2) is 5.30. The number of hydrogen-bond donors (Lipinski definition) is 1. The van der Waals surface area contributed by atoms with Crippen LogP contribution in [0.3, 0.4) is 0 Å². The maximum Gasteiger partial charge on any atom is 0.0897 e. The summed E-state index contributed by atoms with van der Waals surface area (Å²) < 4.78 is 0. The van der Waals surface area contributed by atoms with Crippen molar-refractivity contribution < 1.29 is 0 Å². The number of hydrogen-bond acceptors (Lipinski definition) is 3. The van der Waals surface area contributed by atoms with Gasteiger partial charge >= 0.3 is 0 Å². The second-order valence-electron chi connectivity index (χ2n) is 6.36. The van der Waals surface area contributed by atoms with Gasteiger partial charge in [-0.25, -0.2) is 4.98 Å². The van der Waals surface area contributed by atoms with E-state index in [1.807, 2.05) is 0 Å². The van der Waals surface area contributed by atoms with Crippen LogP contribution in [0.25, 0.3) is 0 Å². The quantitative estimate of drug-likeness (QED) is 0.912. The van der Waals surface area contributed by atoms with E-state index in [0.29, 0.717) is 11.5 Å². The molecule has 1 atom stereocenters. The molecule has 2 nitrogen and oxygen atoms in total. The minimum atomic E-state index is 0.291. The number of aryl methyl sites for hydroxylation is 2. The van der Waals surface area contributed by atoms with Gasteiger partial charge in [0.2, 0.25) is 0 Å². The normalized spacial score (nSPS) is 20.6. The maximum absolute atomic E-state index is 4.55. The summed E-state index contributed by atoms with van der Waals surface area (Å²) in [7, 11) is 0. The predicted octanol–water partition coefficient (Wildman–Crippen LogP) is 4.25. The molecule has 1 unspecified atom stereocenters. The van der Waals surface area contributed by atoms with E-state index < -0.39 is 0 Å². The van der Waals surface area contributed by atoms with E-state index in [2.05, 4.69) is 60.7 Å². The number of nitrogens with one attached hydrogen (secondary N) is 1. The molecule has 0 bridgehead atoms. The van der Waals surface area contributed by atoms with Crippen LogP contribution in [0.5, 0.6) is 0 Å². The molecule has 3 rings (SSSR count). The summed E-state index contributed by atoms with van der Waals surface area (Å²) in [6.07, 6.45) is 2.43. The van der Waals surface area contributed by atoms with Gasteiger partial charge in [-0.1, -0.05) is 38.1 Å². The first-order chi connectivity index (χ1) is 9.56. The number of benzene rings is 1. The Balaban J connectivity index is 1.82. The number of aromatic nitrogens is 1. The SMILES string of the molecule is Cc1nc(CNC2c3ccccc3CCC2(C)C)cs1. The van der Waals surface area contributed by atoms with Crippen LogP contribution in [-0.4, -0.2) is 4.98 Å². The topological polar surface area (TPSA) is 24.9 Å². The highest BCUT2D eigenvalue weighted by Crippen LogP contribution is 2.43. The molecular weight excluding hydrogens is 264 g/mol. The molecule has 3 heteroatoms. The fraction of sp³-hybridized carbons (Fsp3) is 0.471. The van der Waals surface area contributed by atoms with Gasteiger partial charge in [-0.2, -0.15) is 0 Å². The van der Waals surface area contributed by atoms with Crippen molar-refractivity contribution >= 4 is 11.3 Å². The van der Waals surface area contributed by atoms with Gasteiger partial charge in [0.25, 0.3) is 0 Å². The summed E-state index contributed by atoms with van der Waals surface area (Å²) in [6, 6.07) is 9.27. The van der Waals surface area contributed by atoms with E-state index in [9.17, 15) is 0 Å². The Hall–Kier alpha value is -1.19. The first kappa shape index (κ1) is 13.8. The van der Waals surface area contributed by atoms with E-state index in [0.717, 1.165) is 17.2 Å². The zero-order chi connectivity index (χ0) is 14.2.